The molecule has 2 aliphatic heterocycles. The minimum absolute atomic E-state index is 0.109. The molecule has 0 saturated carbocycles. The van der Waals surface area contributed by atoms with E-state index in [1.54, 1.807) is 24.4 Å². The second kappa shape index (κ2) is 14.2. The molecule has 1 aromatic heterocycles. The molecule has 38 heavy (non-hydrogen) atoms. The molecule has 4 rings (SSSR count). The molecule has 2 amide bonds. The van der Waals surface area contributed by atoms with E-state index >= 15 is 0 Å². The quantitative estimate of drug-likeness (QED) is 0.419. The van der Waals surface area contributed by atoms with Crippen LogP contribution in [0.15, 0.2) is 24.4 Å². The Kier molecular flexibility index (Phi) is 10.5. The molecule has 3 heterocycles. The minimum Gasteiger partial charge on any atom is -0.491 e. The van der Waals surface area contributed by atoms with Gasteiger partial charge in [-0.15, -0.1) is 5.10 Å². The molecule has 2 aromatic rings. The largest absolute Gasteiger partial charge is 0.491 e. The standard InChI is InChI=1S/C28H41FN6O3/c1-2-30-27(36)22-10-11-25(26(20-22)38-19-9-4-3-6-14-29)35-21-24(31-32-35)28(37)34-17-12-23(13-18-34)33-15-7-5-8-16-33/h10-11,20-21,23H,2-9,12-19H2,1H3,(H,30,36). The lowest BCUT2D eigenvalue weighted by Crippen LogP contribution is -2.48. The summed E-state index contributed by atoms with van der Waals surface area (Å²) in [5.74, 6) is 0.197. The van der Waals surface area contributed by atoms with Gasteiger partial charge in [-0.3, -0.25) is 14.0 Å². The van der Waals surface area contributed by atoms with Gasteiger partial charge in [0.25, 0.3) is 11.8 Å². The van der Waals surface area contributed by atoms with Gasteiger partial charge in [0.05, 0.1) is 19.5 Å². The summed E-state index contributed by atoms with van der Waals surface area (Å²) in [6.45, 7) is 6.33. The monoisotopic (exact) mass is 528 g/mol. The second-order valence-corrected chi connectivity index (χ2v) is 10.2. The lowest BCUT2D eigenvalue weighted by molar-refractivity contribution is 0.0584. The van der Waals surface area contributed by atoms with Gasteiger partial charge in [0, 0.05) is 31.2 Å². The van der Waals surface area contributed by atoms with Crippen LogP contribution in [0.25, 0.3) is 5.69 Å². The second-order valence-electron chi connectivity index (χ2n) is 10.2. The van der Waals surface area contributed by atoms with Crippen LogP contribution in [-0.4, -0.2) is 88.7 Å². The number of piperidine rings is 2. The van der Waals surface area contributed by atoms with Crippen LogP contribution >= 0.6 is 0 Å². The van der Waals surface area contributed by atoms with Crippen molar-refractivity contribution in [3.05, 3.63) is 35.7 Å². The number of benzene rings is 1. The van der Waals surface area contributed by atoms with Crippen LogP contribution in [0.3, 0.4) is 0 Å². The number of nitrogens with zero attached hydrogens (tertiary/aromatic N) is 5. The topological polar surface area (TPSA) is 92.6 Å². The molecule has 0 bridgehead atoms. The highest BCUT2D eigenvalue weighted by Crippen LogP contribution is 2.26. The lowest BCUT2D eigenvalue weighted by atomic mass is 10.00. The van der Waals surface area contributed by atoms with E-state index in [4.69, 9.17) is 4.74 Å². The Hall–Kier alpha value is -3.01. The summed E-state index contributed by atoms with van der Waals surface area (Å²) >= 11 is 0. The highest BCUT2D eigenvalue weighted by atomic mass is 19.1. The summed E-state index contributed by atoms with van der Waals surface area (Å²) in [6.07, 6.45) is 10.5. The zero-order chi connectivity index (χ0) is 26.7. The van der Waals surface area contributed by atoms with E-state index in [2.05, 4.69) is 20.5 Å². The van der Waals surface area contributed by atoms with E-state index in [1.807, 2.05) is 11.8 Å². The van der Waals surface area contributed by atoms with Crippen molar-refractivity contribution < 1.29 is 18.7 Å². The van der Waals surface area contributed by atoms with Crippen LogP contribution in [0.2, 0.25) is 0 Å². The Labute approximate surface area is 224 Å². The SMILES string of the molecule is CCNC(=O)c1ccc(-n2cc(C(=O)N3CCC(N4CCCCC4)CC3)nn2)c(OCCCCCCF)c1. The third-order valence-electron chi connectivity index (χ3n) is 7.46. The van der Waals surface area contributed by atoms with Gasteiger partial charge >= 0.3 is 0 Å². The van der Waals surface area contributed by atoms with Crippen molar-refractivity contribution in [3.63, 3.8) is 0 Å². The number of amides is 2. The molecule has 0 spiro atoms. The molecule has 0 aliphatic carbocycles. The van der Waals surface area contributed by atoms with Crippen molar-refractivity contribution in [2.45, 2.75) is 70.8 Å². The summed E-state index contributed by atoms with van der Waals surface area (Å²) < 4.78 is 19.9. The van der Waals surface area contributed by atoms with E-state index in [0.29, 0.717) is 48.3 Å². The first kappa shape index (κ1) is 28.0. The Morgan fingerprint density at radius 2 is 1.82 bits per heavy atom. The number of hydrogen-bond donors (Lipinski definition) is 1. The number of alkyl halides is 1. The third-order valence-corrected chi connectivity index (χ3v) is 7.46. The van der Waals surface area contributed by atoms with E-state index in [1.165, 1.54) is 37.0 Å². The van der Waals surface area contributed by atoms with Gasteiger partial charge in [-0.2, -0.15) is 0 Å². The average Bonchev–Trinajstić information content (AvgIpc) is 3.45. The van der Waals surface area contributed by atoms with Gasteiger partial charge in [-0.1, -0.05) is 18.1 Å². The lowest BCUT2D eigenvalue weighted by Gasteiger charge is -2.40. The highest BCUT2D eigenvalue weighted by molar-refractivity contribution is 5.95. The molecule has 9 nitrogen and oxygen atoms in total. The number of nitrogens with one attached hydrogen (secondary N) is 1. The summed E-state index contributed by atoms with van der Waals surface area (Å²) in [5.41, 5.74) is 1.39. The van der Waals surface area contributed by atoms with Gasteiger partial charge in [0.2, 0.25) is 0 Å². The molecular weight excluding hydrogens is 487 g/mol. The summed E-state index contributed by atoms with van der Waals surface area (Å²) in [7, 11) is 0. The predicted octanol–water partition coefficient (Wildman–Crippen LogP) is 4.02. The van der Waals surface area contributed by atoms with E-state index in [9.17, 15) is 14.0 Å². The molecule has 2 aliphatic rings. The van der Waals surface area contributed by atoms with E-state index < -0.39 is 0 Å². The number of halogens is 1. The minimum atomic E-state index is -0.302. The number of carbonyl (C=O) groups excluding carboxylic acids is 2. The van der Waals surface area contributed by atoms with Crippen LogP contribution in [0, 0.1) is 0 Å². The molecule has 10 heteroatoms. The predicted molar refractivity (Wildman–Crippen MR) is 144 cm³/mol. The van der Waals surface area contributed by atoms with E-state index in [0.717, 1.165) is 45.2 Å². The van der Waals surface area contributed by atoms with Crippen molar-refractivity contribution in [1.29, 1.82) is 0 Å². The fourth-order valence-electron chi connectivity index (χ4n) is 5.31. The fourth-order valence-corrected chi connectivity index (χ4v) is 5.31. The number of likely N-dealkylation sites (tertiary alicyclic amines) is 2. The number of rotatable bonds is 12. The smallest absolute Gasteiger partial charge is 0.276 e. The summed E-state index contributed by atoms with van der Waals surface area (Å²) in [4.78, 5) is 30.1. The third kappa shape index (κ3) is 7.30. The molecule has 0 unspecified atom stereocenters. The first-order valence-corrected chi connectivity index (χ1v) is 14.2. The molecule has 1 N–H and O–H groups in total. The van der Waals surface area contributed by atoms with Crippen LogP contribution in [0.4, 0.5) is 4.39 Å². The number of aromatic nitrogens is 3. The number of hydrogen-bond acceptors (Lipinski definition) is 6. The average molecular weight is 529 g/mol. The van der Waals surface area contributed by atoms with Gasteiger partial charge in [0.1, 0.15) is 11.4 Å². The normalized spacial score (nSPS) is 16.9. The Balaban J connectivity index is 1.42. The van der Waals surface area contributed by atoms with Crippen molar-refractivity contribution in [2.75, 3.05) is 46.0 Å². The van der Waals surface area contributed by atoms with Gasteiger partial charge in [0.15, 0.2) is 5.69 Å². The van der Waals surface area contributed by atoms with Crippen molar-refractivity contribution in [3.8, 4) is 11.4 Å². The van der Waals surface area contributed by atoms with Crippen molar-refractivity contribution >= 4 is 11.8 Å². The zero-order valence-corrected chi connectivity index (χ0v) is 22.5. The van der Waals surface area contributed by atoms with Gasteiger partial charge < -0.3 is 19.9 Å². The van der Waals surface area contributed by atoms with E-state index in [-0.39, 0.29) is 18.5 Å². The van der Waals surface area contributed by atoms with Crippen LogP contribution in [-0.2, 0) is 0 Å². The maximum absolute atomic E-state index is 13.2. The molecule has 0 radical (unpaired) electrons. The zero-order valence-electron chi connectivity index (χ0n) is 22.5. The van der Waals surface area contributed by atoms with Crippen LogP contribution in [0.5, 0.6) is 5.75 Å². The van der Waals surface area contributed by atoms with Gasteiger partial charge in [-0.25, -0.2) is 4.68 Å². The number of unbranched alkanes of at least 4 members (excludes halogenated alkanes) is 3. The Morgan fingerprint density at radius 3 is 2.55 bits per heavy atom. The Bertz CT molecular complexity index is 1050. The first-order valence-electron chi connectivity index (χ1n) is 14.2. The first-order chi connectivity index (χ1) is 18.6. The van der Waals surface area contributed by atoms with Crippen molar-refractivity contribution in [1.82, 2.24) is 30.1 Å². The molecule has 1 aromatic carbocycles. The maximum Gasteiger partial charge on any atom is 0.276 e. The Morgan fingerprint density at radius 1 is 1.05 bits per heavy atom. The van der Waals surface area contributed by atoms with Gasteiger partial charge in [-0.05, 0) is 83.2 Å². The number of ether oxygens (including phenoxy) is 1. The highest BCUT2D eigenvalue weighted by Gasteiger charge is 2.29. The summed E-state index contributed by atoms with van der Waals surface area (Å²) in [6, 6.07) is 5.73. The molecular formula is C28H41FN6O3. The fraction of sp³-hybridized carbons (Fsp3) is 0.643. The van der Waals surface area contributed by atoms with Crippen LogP contribution in [0.1, 0.15) is 85.6 Å². The summed E-state index contributed by atoms with van der Waals surface area (Å²) in [5, 5.41) is 11.2. The molecule has 0 atom stereocenters. The number of carbonyl (C=O) groups is 2. The van der Waals surface area contributed by atoms with Crippen molar-refractivity contribution in [2.24, 2.45) is 0 Å². The van der Waals surface area contributed by atoms with Crippen LogP contribution < -0.4 is 10.1 Å². The molecule has 2 fully saturated rings. The molecule has 2 saturated heterocycles. The maximum atomic E-state index is 13.2. The molecule has 208 valence electrons.